The predicted molar refractivity (Wildman–Crippen MR) is 137 cm³/mol. The molecule has 0 aliphatic carbocycles. The number of ether oxygens (including phenoxy) is 2. The van der Waals surface area contributed by atoms with Gasteiger partial charge in [-0.1, -0.05) is 68.3 Å². The Morgan fingerprint density at radius 3 is 2.06 bits per heavy atom. The van der Waals surface area contributed by atoms with Crippen molar-refractivity contribution in [2.24, 2.45) is 10.2 Å². The van der Waals surface area contributed by atoms with Crippen molar-refractivity contribution in [1.29, 1.82) is 0 Å². The standard InChI is InChI=1S/C27H28Cl2N2O3/c1-2-3-4-5-6-7-19-33-22-15-11-20(12-16-22)27(32)34-23-17-13-21(14-18-23)30-31-26-24(28)9-8-10-25(26)29/h8-18H,2-7,19H2,1H3. The van der Waals surface area contributed by atoms with Crippen LogP contribution in [0.5, 0.6) is 11.5 Å². The molecule has 0 radical (unpaired) electrons. The SMILES string of the molecule is CCCCCCCCOc1ccc(C(=O)Oc2ccc(N=Nc3c(Cl)cccc3Cl)cc2)cc1. The summed E-state index contributed by atoms with van der Waals surface area (Å²) < 4.78 is 11.2. The van der Waals surface area contributed by atoms with Crippen molar-refractivity contribution < 1.29 is 14.3 Å². The minimum atomic E-state index is -0.445. The van der Waals surface area contributed by atoms with Crippen LogP contribution in [0.25, 0.3) is 0 Å². The van der Waals surface area contributed by atoms with Crippen LogP contribution in [0.2, 0.25) is 10.0 Å². The number of benzene rings is 3. The molecule has 0 N–H and O–H groups in total. The van der Waals surface area contributed by atoms with Crippen molar-refractivity contribution in [3.05, 3.63) is 82.3 Å². The van der Waals surface area contributed by atoms with Gasteiger partial charge in [-0.3, -0.25) is 0 Å². The number of esters is 1. The summed E-state index contributed by atoms with van der Waals surface area (Å²) in [5.41, 5.74) is 1.42. The van der Waals surface area contributed by atoms with Crippen molar-refractivity contribution >= 4 is 40.5 Å². The Kier molecular flexibility index (Phi) is 10.4. The molecule has 0 amide bonds. The zero-order chi connectivity index (χ0) is 24.2. The van der Waals surface area contributed by atoms with Crippen LogP contribution in [0.15, 0.2) is 77.0 Å². The Morgan fingerprint density at radius 2 is 1.38 bits per heavy atom. The normalized spacial score (nSPS) is 11.0. The Labute approximate surface area is 210 Å². The molecule has 0 aliphatic rings. The summed E-state index contributed by atoms with van der Waals surface area (Å²) in [6.45, 7) is 2.90. The van der Waals surface area contributed by atoms with Gasteiger partial charge in [-0.25, -0.2) is 4.79 Å². The van der Waals surface area contributed by atoms with E-state index in [9.17, 15) is 4.79 Å². The summed E-state index contributed by atoms with van der Waals surface area (Å²) in [4.78, 5) is 12.4. The van der Waals surface area contributed by atoms with E-state index >= 15 is 0 Å². The number of rotatable bonds is 12. The second kappa shape index (κ2) is 13.7. The fraction of sp³-hybridized carbons (Fsp3) is 0.296. The quantitative estimate of drug-likeness (QED) is 0.108. The monoisotopic (exact) mass is 498 g/mol. The maximum absolute atomic E-state index is 12.4. The highest BCUT2D eigenvalue weighted by Gasteiger charge is 2.09. The Bertz CT molecular complexity index is 1060. The Hall–Kier alpha value is -2.89. The first-order valence-corrected chi connectivity index (χ1v) is 12.2. The molecule has 0 aliphatic heterocycles. The Balaban J connectivity index is 1.47. The predicted octanol–water partition coefficient (Wildman–Crippen LogP) is 9.37. The molecule has 0 fully saturated rings. The van der Waals surface area contributed by atoms with Gasteiger partial charge in [0.25, 0.3) is 0 Å². The number of hydrogen-bond acceptors (Lipinski definition) is 5. The summed E-state index contributed by atoms with van der Waals surface area (Å²) in [5.74, 6) is 0.710. The fourth-order valence-electron chi connectivity index (χ4n) is 3.20. The van der Waals surface area contributed by atoms with Crippen LogP contribution in [0.4, 0.5) is 11.4 Å². The zero-order valence-corrected chi connectivity index (χ0v) is 20.7. The van der Waals surface area contributed by atoms with E-state index in [-0.39, 0.29) is 0 Å². The lowest BCUT2D eigenvalue weighted by Crippen LogP contribution is -2.08. The first-order chi connectivity index (χ1) is 16.6. The molecular formula is C27H28Cl2N2O3. The van der Waals surface area contributed by atoms with Crippen molar-refractivity contribution in [3.63, 3.8) is 0 Å². The van der Waals surface area contributed by atoms with E-state index in [0.29, 0.717) is 39.3 Å². The lowest BCUT2D eigenvalue weighted by Gasteiger charge is -2.08. The molecule has 5 nitrogen and oxygen atoms in total. The molecule has 7 heteroatoms. The molecule has 3 aromatic rings. The number of unbranched alkanes of at least 4 members (excludes halogenated alkanes) is 5. The molecule has 34 heavy (non-hydrogen) atoms. The number of hydrogen-bond donors (Lipinski definition) is 0. The fourth-order valence-corrected chi connectivity index (χ4v) is 3.67. The van der Waals surface area contributed by atoms with E-state index in [1.165, 1.54) is 32.1 Å². The number of carbonyl (C=O) groups excluding carboxylic acids is 1. The van der Waals surface area contributed by atoms with Gasteiger partial charge in [0.15, 0.2) is 0 Å². The molecule has 0 unspecified atom stereocenters. The minimum Gasteiger partial charge on any atom is -0.494 e. The van der Waals surface area contributed by atoms with E-state index in [1.807, 2.05) is 0 Å². The van der Waals surface area contributed by atoms with Gasteiger partial charge in [0.1, 0.15) is 17.2 Å². The minimum absolute atomic E-state index is 0.403. The average molecular weight is 499 g/mol. The van der Waals surface area contributed by atoms with Gasteiger partial charge in [0.2, 0.25) is 0 Å². The van der Waals surface area contributed by atoms with Crippen molar-refractivity contribution in [2.75, 3.05) is 6.61 Å². The maximum Gasteiger partial charge on any atom is 0.343 e. The van der Waals surface area contributed by atoms with Crippen LogP contribution < -0.4 is 9.47 Å². The third-order valence-corrected chi connectivity index (χ3v) is 5.72. The van der Waals surface area contributed by atoms with Gasteiger partial charge in [-0.15, -0.1) is 5.11 Å². The van der Waals surface area contributed by atoms with Crippen LogP contribution in [-0.2, 0) is 0 Å². The molecular weight excluding hydrogens is 471 g/mol. The molecule has 0 atom stereocenters. The second-order valence-corrected chi connectivity index (χ2v) is 8.61. The maximum atomic E-state index is 12.4. The van der Waals surface area contributed by atoms with Crippen LogP contribution in [0, 0.1) is 0 Å². The second-order valence-electron chi connectivity index (χ2n) is 7.79. The van der Waals surface area contributed by atoms with E-state index in [0.717, 1.165) is 12.2 Å². The van der Waals surface area contributed by atoms with E-state index < -0.39 is 5.97 Å². The van der Waals surface area contributed by atoms with Gasteiger partial charge in [0, 0.05) is 0 Å². The summed E-state index contributed by atoms with van der Waals surface area (Å²) >= 11 is 12.2. The summed E-state index contributed by atoms with van der Waals surface area (Å²) in [6, 6.07) is 18.8. The number of nitrogens with zero attached hydrogens (tertiary/aromatic N) is 2. The zero-order valence-electron chi connectivity index (χ0n) is 19.2. The van der Waals surface area contributed by atoms with Crippen molar-refractivity contribution in [1.82, 2.24) is 0 Å². The van der Waals surface area contributed by atoms with E-state index in [2.05, 4.69) is 17.2 Å². The van der Waals surface area contributed by atoms with E-state index in [1.54, 1.807) is 66.7 Å². The lowest BCUT2D eigenvalue weighted by atomic mass is 10.1. The van der Waals surface area contributed by atoms with Crippen LogP contribution in [0.3, 0.4) is 0 Å². The van der Waals surface area contributed by atoms with Crippen molar-refractivity contribution in [3.8, 4) is 11.5 Å². The lowest BCUT2D eigenvalue weighted by molar-refractivity contribution is 0.0734. The van der Waals surface area contributed by atoms with Crippen molar-refractivity contribution in [2.45, 2.75) is 45.4 Å². The van der Waals surface area contributed by atoms with Gasteiger partial charge in [-0.2, -0.15) is 5.11 Å². The average Bonchev–Trinajstić information content (AvgIpc) is 2.84. The molecule has 0 bridgehead atoms. The first kappa shape index (κ1) is 25.7. The molecule has 0 saturated carbocycles. The van der Waals surface area contributed by atoms with E-state index in [4.69, 9.17) is 32.7 Å². The smallest absolute Gasteiger partial charge is 0.343 e. The van der Waals surface area contributed by atoms with Gasteiger partial charge in [0.05, 0.1) is 27.9 Å². The molecule has 0 heterocycles. The highest BCUT2D eigenvalue weighted by Crippen LogP contribution is 2.34. The molecule has 0 aromatic heterocycles. The van der Waals surface area contributed by atoms with Crippen LogP contribution >= 0.6 is 23.2 Å². The summed E-state index contributed by atoms with van der Waals surface area (Å²) in [6.07, 6.45) is 7.31. The van der Waals surface area contributed by atoms with Crippen LogP contribution in [0.1, 0.15) is 55.8 Å². The number of halogens is 2. The Morgan fingerprint density at radius 1 is 0.765 bits per heavy atom. The topological polar surface area (TPSA) is 60.2 Å². The van der Waals surface area contributed by atoms with Gasteiger partial charge >= 0.3 is 5.97 Å². The molecule has 0 saturated heterocycles. The summed E-state index contributed by atoms with van der Waals surface area (Å²) in [5, 5.41) is 9.08. The van der Waals surface area contributed by atoms with Gasteiger partial charge in [-0.05, 0) is 67.1 Å². The summed E-state index contributed by atoms with van der Waals surface area (Å²) in [7, 11) is 0. The highest BCUT2D eigenvalue weighted by molar-refractivity contribution is 6.38. The molecule has 0 spiro atoms. The number of carbonyl (C=O) groups is 1. The van der Waals surface area contributed by atoms with Crippen LogP contribution in [-0.4, -0.2) is 12.6 Å². The number of azo groups is 1. The molecule has 3 aromatic carbocycles. The molecule has 178 valence electrons. The largest absolute Gasteiger partial charge is 0.494 e. The van der Waals surface area contributed by atoms with Gasteiger partial charge < -0.3 is 9.47 Å². The highest BCUT2D eigenvalue weighted by atomic mass is 35.5. The first-order valence-electron chi connectivity index (χ1n) is 11.5. The third kappa shape index (κ3) is 8.15. The third-order valence-electron chi connectivity index (χ3n) is 5.11. The molecule has 3 rings (SSSR count).